The highest BCUT2D eigenvalue weighted by Gasteiger charge is 2.36. The van der Waals surface area contributed by atoms with Crippen LogP contribution in [0.25, 0.3) is 93.7 Å². The summed E-state index contributed by atoms with van der Waals surface area (Å²) in [6.07, 6.45) is 4.43. The van der Waals surface area contributed by atoms with Crippen LogP contribution in [0.15, 0.2) is 152 Å². The van der Waals surface area contributed by atoms with E-state index >= 15 is 0 Å². The van der Waals surface area contributed by atoms with E-state index in [2.05, 4.69) is 195 Å². The molecule has 0 aliphatic heterocycles. The number of hydrogen-bond donors (Lipinski definition) is 0. The molecule has 0 spiro atoms. The summed E-state index contributed by atoms with van der Waals surface area (Å²) < 4.78 is 4.95. The molecule has 2 nitrogen and oxygen atoms in total. The van der Waals surface area contributed by atoms with Crippen molar-refractivity contribution in [3.05, 3.63) is 174 Å². The van der Waals surface area contributed by atoms with E-state index in [0.29, 0.717) is 0 Å². The molecule has 1 aliphatic carbocycles. The second kappa shape index (κ2) is 10.8. The van der Waals surface area contributed by atoms with Gasteiger partial charge in [0.2, 0.25) is 0 Å². The van der Waals surface area contributed by atoms with Gasteiger partial charge in [-0.25, -0.2) is 0 Å². The number of allylic oxidation sites excluding steroid dienone is 1. The summed E-state index contributed by atoms with van der Waals surface area (Å²) in [5, 5.41) is 10.3. The largest absolute Gasteiger partial charge is 0.309 e. The Morgan fingerprint density at radius 1 is 0.434 bits per heavy atom. The van der Waals surface area contributed by atoms with Gasteiger partial charge < -0.3 is 9.13 Å². The molecule has 0 radical (unpaired) electrons. The fraction of sp³-hybridized carbons (Fsp3) is 0.0980. The maximum Gasteiger partial charge on any atom is 0.0544 e. The Labute approximate surface area is 308 Å². The number of hydrogen-bond acceptors (Lipinski definition) is 0. The second-order valence-electron chi connectivity index (χ2n) is 15.3. The Hall–Kier alpha value is -6.38. The topological polar surface area (TPSA) is 9.86 Å². The third-order valence-corrected chi connectivity index (χ3v) is 12.2. The first-order valence-electron chi connectivity index (χ1n) is 18.7. The van der Waals surface area contributed by atoms with Crippen LogP contribution in [-0.4, -0.2) is 9.13 Å². The van der Waals surface area contributed by atoms with Crippen LogP contribution in [0.1, 0.15) is 43.0 Å². The summed E-state index contributed by atoms with van der Waals surface area (Å²) in [4.78, 5) is 0. The van der Waals surface area contributed by atoms with E-state index in [-0.39, 0.29) is 5.41 Å². The number of aryl methyl sites for hydroxylation is 1. The maximum absolute atomic E-state index is 2.52. The third-order valence-electron chi connectivity index (χ3n) is 12.2. The Bertz CT molecular complexity index is 3160. The first-order chi connectivity index (χ1) is 25.9. The smallest absolute Gasteiger partial charge is 0.0544 e. The van der Waals surface area contributed by atoms with E-state index in [1.807, 2.05) is 0 Å². The molecule has 11 rings (SSSR count). The van der Waals surface area contributed by atoms with Gasteiger partial charge in [-0.15, -0.1) is 0 Å². The van der Waals surface area contributed by atoms with Crippen LogP contribution >= 0.6 is 0 Å². The zero-order valence-corrected chi connectivity index (χ0v) is 30.4. The van der Waals surface area contributed by atoms with Crippen molar-refractivity contribution in [3.8, 4) is 22.5 Å². The molecule has 252 valence electrons. The zero-order valence-electron chi connectivity index (χ0n) is 30.4. The average molecular weight is 679 g/mol. The number of benzene rings is 8. The lowest BCUT2D eigenvalue weighted by molar-refractivity contribution is 0.661. The standard InChI is InChI=1S/C51H38N2/c1-5-14-34-31(2)35-15-6-7-16-36(35)41-27-32(23-25-37(34)41)53-49-26-24-33(52-47-21-12-9-18-39(47)40-19-10-13-22-48(40)52)28-43(49)44-29-42-38-17-8-11-20-45(38)51(3,4)46(42)30-50(44)53/h5-30H,1-4H3/b14-5-. The van der Waals surface area contributed by atoms with Gasteiger partial charge in [-0.2, -0.15) is 0 Å². The summed E-state index contributed by atoms with van der Waals surface area (Å²) in [6, 6.07) is 54.6. The summed E-state index contributed by atoms with van der Waals surface area (Å²) in [6.45, 7) is 9.13. The van der Waals surface area contributed by atoms with E-state index in [0.717, 1.165) is 0 Å². The van der Waals surface area contributed by atoms with Crippen LogP contribution in [0.2, 0.25) is 0 Å². The number of rotatable bonds is 3. The van der Waals surface area contributed by atoms with E-state index < -0.39 is 0 Å². The fourth-order valence-corrected chi connectivity index (χ4v) is 9.72. The van der Waals surface area contributed by atoms with Crippen LogP contribution in [0.4, 0.5) is 0 Å². The minimum atomic E-state index is -0.103. The monoisotopic (exact) mass is 678 g/mol. The Balaban J connectivity index is 1.26. The number of para-hydroxylation sites is 2. The Kier molecular flexibility index (Phi) is 6.18. The van der Waals surface area contributed by atoms with Crippen LogP contribution in [0.5, 0.6) is 0 Å². The molecular weight excluding hydrogens is 641 g/mol. The van der Waals surface area contributed by atoms with Gasteiger partial charge in [0.05, 0.1) is 22.1 Å². The lowest BCUT2D eigenvalue weighted by Gasteiger charge is -2.21. The second-order valence-corrected chi connectivity index (χ2v) is 15.3. The molecule has 2 heterocycles. The molecular formula is C51H38N2. The fourth-order valence-electron chi connectivity index (χ4n) is 9.72. The van der Waals surface area contributed by atoms with Crippen molar-refractivity contribution in [1.29, 1.82) is 0 Å². The van der Waals surface area contributed by atoms with Crippen molar-refractivity contribution >= 4 is 71.2 Å². The molecule has 53 heavy (non-hydrogen) atoms. The third kappa shape index (κ3) is 4.04. The van der Waals surface area contributed by atoms with Gasteiger partial charge in [-0.1, -0.05) is 117 Å². The van der Waals surface area contributed by atoms with Gasteiger partial charge in [0, 0.05) is 38.3 Å². The molecule has 0 saturated carbocycles. The molecule has 0 amide bonds. The molecule has 2 aromatic heterocycles. The average Bonchev–Trinajstić information content (AvgIpc) is 3.78. The predicted octanol–water partition coefficient (Wildman–Crippen LogP) is 13.8. The van der Waals surface area contributed by atoms with Crippen molar-refractivity contribution in [2.45, 2.75) is 33.1 Å². The molecule has 1 aliphatic rings. The number of aromatic nitrogens is 2. The highest BCUT2D eigenvalue weighted by atomic mass is 15.0. The van der Waals surface area contributed by atoms with Crippen molar-refractivity contribution in [2.24, 2.45) is 0 Å². The summed E-state index contributed by atoms with van der Waals surface area (Å²) in [5.74, 6) is 0. The predicted molar refractivity (Wildman–Crippen MR) is 227 cm³/mol. The summed E-state index contributed by atoms with van der Waals surface area (Å²) in [5.41, 5.74) is 15.2. The molecule has 0 unspecified atom stereocenters. The first kappa shape index (κ1) is 30.3. The first-order valence-corrected chi connectivity index (χ1v) is 18.7. The van der Waals surface area contributed by atoms with Gasteiger partial charge in [0.1, 0.15) is 0 Å². The maximum atomic E-state index is 2.52. The van der Waals surface area contributed by atoms with Gasteiger partial charge >= 0.3 is 0 Å². The highest BCUT2D eigenvalue weighted by molar-refractivity contribution is 6.16. The van der Waals surface area contributed by atoms with Crippen LogP contribution < -0.4 is 0 Å². The Morgan fingerprint density at radius 2 is 1.00 bits per heavy atom. The molecule has 0 N–H and O–H groups in total. The van der Waals surface area contributed by atoms with E-state index in [1.165, 1.54) is 110 Å². The summed E-state index contributed by atoms with van der Waals surface area (Å²) >= 11 is 0. The summed E-state index contributed by atoms with van der Waals surface area (Å²) in [7, 11) is 0. The molecule has 0 fully saturated rings. The van der Waals surface area contributed by atoms with Crippen molar-refractivity contribution < 1.29 is 0 Å². The van der Waals surface area contributed by atoms with Gasteiger partial charge in [-0.05, 0) is 123 Å². The Morgan fingerprint density at radius 3 is 1.74 bits per heavy atom. The van der Waals surface area contributed by atoms with Gasteiger partial charge in [-0.3, -0.25) is 0 Å². The SMILES string of the molecule is C/C=C\c1c(C)c2ccccc2c2cc(-n3c4ccc(-n5c6ccccc6c6ccccc65)cc4c4cc5c(cc43)C(C)(C)c3ccccc3-5)ccc12. The molecule has 0 atom stereocenters. The van der Waals surface area contributed by atoms with E-state index in [9.17, 15) is 0 Å². The zero-order chi connectivity index (χ0) is 35.6. The lowest BCUT2D eigenvalue weighted by atomic mass is 9.82. The van der Waals surface area contributed by atoms with Crippen molar-refractivity contribution in [3.63, 3.8) is 0 Å². The molecule has 0 bridgehead atoms. The molecule has 0 saturated heterocycles. The van der Waals surface area contributed by atoms with Crippen LogP contribution in [0, 0.1) is 6.92 Å². The molecule has 10 aromatic rings. The van der Waals surface area contributed by atoms with E-state index in [4.69, 9.17) is 0 Å². The quantitative estimate of drug-likeness (QED) is 0.165. The number of nitrogens with zero attached hydrogens (tertiary/aromatic N) is 2. The van der Waals surface area contributed by atoms with Gasteiger partial charge in [0.25, 0.3) is 0 Å². The van der Waals surface area contributed by atoms with Crippen molar-refractivity contribution in [1.82, 2.24) is 9.13 Å². The van der Waals surface area contributed by atoms with E-state index in [1.54, 1.807) is 0 Å². The van der Waals surface area contributed by atoms with Crippen LogP contribution in [0.3, 0.4) is 0 Å². The number of fused-ring (bicyclic) bond motifs is 12. The lowest BCUT2D eigenvalue weighted by Crippen LogP contribution is -2.14. The van der Waals surface area contributed by atoms with Crippen molar-refractivity contribution in [2.75, 3.05) is 0 Å². The minimum absolute atomic E-state index is 0.103. The van der Waals surface area contributed by atoms with Crippen LogP contribution in [-0.2, 0) is 5.41 Å². The highest BCUT2D eigenvalue weighted by Crippen LogP contribution is 2.51. The molecule has 2 heteroatoms. The minimum Gasteiger partial charge on any atom is -0.309 e. The molecule has 8 aromatic carbocycles. The van der Waals surface area contributed by atoms with Gasteiger partial charge in [0.15, 0.2) is 0 Å². The normalized spacial score (nSPS) is 13.7.